The summed E-state index contributed by atoms with van der Waals surface area (Å²) in [5.74, 6) is -0.424. The van der Waals surface area contributed by atoms with Gasteiger partial charge in [-0.1, -0.05) is 11.6 Å². The van der Waals surface area contributed by atoms with E-state index in [9.17, 15) is 13.2 Å². The zero-order valence-electron chi connectivity index (χ0n) is 10.3. The minimum Gasteiger partial charge on any atom is -0.359 e. The van der Waals surface area contributed by atoms with Gasteiger partial charge in [0, 0.05) is 26.3 Å². The Balaban J connectivity index is 2.18. The quantitative estimate of drug-likeness (QED) is 0.824. The van der Waals surface area contributed by atoms with Crippen molar-refractivity contribution in [3.05, 3.63) is 23.5 Å². The summed E-state index contributed by atoms with van der Waals surface area (Å²) in [5.41, 5.74) is 0. The summed E-state index contributed by atoms with van der Waals surface area (Å²) in [6, 6.07) is 2.85. The van der Waals surface area contributed by atoms with Crippen molar-refractivity contribution in [3.63, 3.8) is 0 Å². The van der Waals surface area contributed by atoms with Gasteiger partial charge in [-0.25, -0.2) is 13.4 Å². The van der Waals surface area contributed by atoms with E-state index >= 15 is 0 Å². The molecular formula is C11H14ClN3O3S. The molecule has 2 rings (SSSR count). The Morgan fingerprint density at radius 2 is 2.26 bits per heavy atom. The molecule has 0 radical (unpaired) electrons. The van der Waals surface area contributed by atoms with Crippen LogP contribution in [0.15, 0.2) is 23.2 Å². The highest BCUT2D eigenvalue weighted by molar-refractivity contribution is 7.89. The van der Waals surface area contributed by atoms with Crippen molar-refractivity contribution in [1.29, 1.82) is 0 Å². The molecule has 0 bridgehead atoms. The van der Waals surface area contributed by atoms with Crippen LogP contribution in [0.25, 0.3) is 0 Å². The van der Waals surface area contributed by atoms with Crippen LogP contribution in [0.2, 0.25) is 5.15 Å². The van der Waals surface area contributed by atoms with E-state index in [2.05, 4.69) is 10.3 Å². The van der Waals surface area contributed by atoms with Crippen molar-refractivity contribution in [2.45, 2.75) is 11.3 Å². The highest BCUT2D eigenvalue weighted by atomic mass is 35.5. The van der Waals surface area contributed by atoms with Crippen LogP contribution in [0.4, 0.5) is 0 Å². The summed E-state index contributed by atoms with van der Waals surface area (Å²) in [4.78, 5) is 15.4. The maximum atomic E-state index is 12.3. The van der Waals surface area contributed by atoms with Crippen LogP contribution in [0.5, 0.6) is 0 Å². The van der Waals surface area contributed by atoms with Gasteiger partial charge in [-0.2, -0.15) is 4.31 Å². The van der Waals surface area contributed by atoms with Gasteiger partial charge < -0.3 is 5.32 Å². The van der Waals surface area contributed by atoms with Gasteiger partial charge in [-0.05, 0) is 18.6 Å². The van der Waals surface area contributed by atoms with E-state index in [-0.39, 0.29) is 28.4 Å². The number of rotatable bonds is 3. The largest absolute Gasteiger partial charge is 0.359 e. The first kappa shape index (κ1) is 14.2. The molecule has 1 atom stereocenters. The fourth-order valence-electron chi connectivity index (χ4n) is 2.03. The van der Waals surface area contributed by atoms with Crippen molar-refractivity contribution in [3.8, 4) is 0 Å². The highest BCUT2D eigenvalue weighted by Crippen LogP contribution is 2.24. The fourth-order valence-corrected chi connectivity index (χ4v) is 3.59. The molecule has 1 aromatic rings. The second-order valence-electron chi connectivity index (χ2n) is 4.28. The molecule has 8 heteroatoms. The van der Waals surface area contributed by atoms with Gasteiger partial charge in [-0.3, -0.25) is 4.79 Å². The number of hydrogen-bond donors (Lipinski definition) is 1. The molecule has 1 aliphatic heterocycles. The molecule has 0 saturated carbocycles. The minimum atomic E-state index is -3.60. The molecule has 0 spiro atoms. The van der Waals surface area contributed by atoms with Gasteiger partial charge >= 0.3 is 0 Å². The van der Waals surface area contributed by atoms with Crippen molar-refractivity contribution in [2.24, 2.45) is 5.92 Å². The minimum absolute atomic E-state index is 0.0921. The lowest BCUT2D eigenvalue weighted by Gasteiger charge is -2.16. The summed E-state index contributed by atoms with van der Waals surface area (Å²) in [6.07, 6.45) is 1.75. The Hall–Kier alpha value is -1.18. The van der Waals surface area contributed by atoms with Crippen molar-refractivity contribution >= 4 is 27.5 Å². The van der Waals surface area contributed by atoms with E-state index in [1.165, 1.54) is 22.6 Å². The average molecular weight is 304 g/mol. The maximum absolute atomic E-state index is 12.3. The summed E-state index contributed by atoms with van der Waals surface area (Å²) in [5, 5.41) is 2.78. The van der Waals surface area contributed by atoms with E-state index < -0.39 is 10.0 Å². The molecule has 2 heterocycles. The first-order valence-electron chi connectivity index (χ1n) is 5.78. The third-order valence-electron chi connectivity index (χ3n) is 3.11. The molecule has 104 valence electrons. The lowest BCUT2D eigenvalue weighted by atomic mass is 10.1. The predicted molar refractivity (Wildman–Crippen MR) is 70.2 cm³/mol. The molecule has 0 unspecified atom stereocenters. The molecule has 0 aliphatic carbocycles. The van der Waals surface area contributed by atoms with Gasteiger partial charge in [-0.15, -0.1) is 0 Å². The topological polar surface area (TPSA) is 79.4 Å². The third kappa shape index (κ3) is 2.88. The summed E-state index contributed by atoms with van der Waals surface area (Å²) >= 11 is 5.63. The van der Waals surface area contributed by atoms with Crippen molar-refractivity contribution < 1.29 is 13.2 Å². The number of pyridine rings is 1. The summed E-state index contributed by atoms with van der Waals surface area (Å²) in [7, 11) is -2.05. The smallest absolute Gasteiger partial charge is 0.244 e. The molecule has 1 saturated heterocycles. The first-order valence-corrected chi connectivity index (χ1v) is 7.60. The van der Waals surface area contributed by atoms with E-state index in [1.807, 2.05) is 0 Å². The molecule has 1 aliphatic rings. The van der Waals surface area contributed by atoms with Crippen LogP contribution < -0.4 is 5.32 Å². The second kappa shape index (κ2) is 5.44. The zero-order chi connectivity index (χ0) is 14.0. The number of nitrogens with zero attached hydrogens (tertiary/aromatic N) is 2. The fraction of sp³-hybridized carbons (Fsp3) is 0.455. The van der Waals surface area contributed by atoms with Crippen LogP contribution in [-0.2, 0) is 14.8 Å². The normalized spacial score (nSPS) is 20.4. The lowest BCUT2D eigenvalue weighted by molar-refractivity contribution is -0.123. The van der Waals surface area contributed by atoms with Crippen LogP contribution in [0.3, 0.4) is 0 Å². The molecule has 6 nitrogen and oxygen atoms in total. The van der Waals surface area contributed by atoms with Crippen molar-refractivity contribution in [1.82, 2.24) is 14.6 Å². The Morgan fingerprint density at radius 3 is 2.84 bits per heavy atom. The number of amides is 1. The number of aromatic nitrogens is 1. The van der Waals surface area contributed by atoms with E-state index in [4.69, 9.17) is 11.6 Å². The van der Waals surface area contributed by atoms with E-state index in [0.29, 0.717) is 13.0 Å². The Labute approximate surface area is 116 Å². The monoisotopic (exact) mass is 303 g/mol. The first-order chi connectivity index (χ1) is 8.95. The maximum Gasteiger partial charge on any atom is 0.244 e. The Kier molecular flexibility index (Phi) is 4.07. The van der Waals surface area contributed by atoms with Crippen molar-refractivity contribution in [2.75, 3.05) is 20.1 Å². The summed E-state index contributed by atoms with van der Waals surface area (Å²) in [6.45, 7) is 0.535. The van der Waals surface area contributed by atoms with Gasteiger partial charge in [0.2, 0.25) is 15.9 Å². The third-order valence-corrected chi connectivity index (χ3v) is 5.18. The van der Waals surface area contributed by atoms with Gasteiger partial charge in [0.15, 0.2) is 0 Å². The average Bonchev–Trinajstić information content (AvgIpc) is 2.88. The number of nitrogens with one attached hydrogen (secondary N) is 1. The molecular weight excluding hydrogens is 290 g/mol. The van der Waals surface area contributed by atoms with E-state index in [0.717, 1.165) is 0 Å². The number of hydrogen-bond acceptors (Lipinski definition) is 4. The zero-order valence-corrected chi connectivity index (χ0v) is 11.9. The number of carbonyl (C=O) groups is 1. The van der Waals surface area contributed by atoms with Gasteiger partial charge in [0.05, 0.1) is 5.92 Å². The van der Waals surface area contributed by atoms with Crippen LogP contribution in [-0.4, -0.2) is 43.8 Å². The van der Waals surface area contributed by atoms with Crippen LogP contribution in [0.1, 0.15) is 6.42 Å². The van der Waals surface area contributed by atoms with Gasteiger partial charge in [0.25, 0.3) is 0 Å². The SMILES string of the molecule is CNC(=O)[C@H]1CCN(S(=O)(=O)c2ccc(Cl)nc2)C1. The number of sulfonamides is 1. The molecule has 0 aromatic carbocycles. The molecule has 1 aromatic heterocycles. The Morgan fingerprint density at radius 1 is 1.53 bits per heavy atom. The predicted octanol–water partition coefficient (Wildman–Crippen LogP) is 0.492. The second-order valence-corrected chi connectivity index (χ2v) is 6.60. The lowest BCUT2D eigenvalue weighted by Crippen LogP contribution is -2.33. The standard InChI is InChI=1S/C11H14ClN3O3S/c1-13-11(16)8-4-5-15(7-8)19(17,18)9-2-3-10(12)14-6-9/h2-3,6,8H,4-5,7H2,1H3,(H,13,16)/t8-/m0/s1. The summed E-state index contributed by atoms with van der Waals surface area (Å²) < 4.78 is 25.9. The van der Waals surface area contributed by atoms with Crippen LogP contribution >= 0.6 is 11.6 Å². The van der Waals surface area contributed by atoms with Crippen LogP contribution in [0, 0.1) is 5.92 Å². The number of halogens is 1. The van der Waals surface area contributed by atoms with Gasteiger partial charge in [0.1, 0.15) is 10.0 Å². The molecule has 1 amide bonds. The van der Waals surface area contributed by atoms with E-state index in [1.54, 1.807) is 7.05 Å². The molecule has 1 N–H and O–H groups in total. The molecule has 19 heavy (non-hydrogen) atoms. The highest BCUT2D eigenvalue weighted by Gasteiger charge is 2.35. The Bertz CT molecular complexity index is 573. The number of carbonyl (C=O) groups excluding carboxylic acids is 1. The molecule has 1 fully saturated rings.